The summed E-state index contributed by atoms with van der Waals surface area (Å²) in [5.74, 6) is 0. The van der Waals surface area contributed by atoms with Gasteiger partial charge >= 0.3 is 34.5 Å². The summed E-state index contributed by atoms with van der Waals surface area (Å²) in [4.78, 5) is 45.3. The fourth-order valence-corrected chi connectivity index (χ4v) is 0.854. The predicted octanol–water partition coefficient (Wildman–Crippen LogP) is 3.17. The SMILES string of the molecule is OP(O)(O)=S.OP(O)(O)=S.[CH2-]CCCCC.[CH2-]CCCCC.[Mo+2]. The zero-order chi connectivity index (χ0) is 18.7. The predicted molar refractivity (Wildman–Crippen MR) is 101 cm³/mol. The third-order valence-electron chi connectivity index (χ3n) is 1.71. The van der Waals surface area contributed by atoms with E-state index >= 15 is 0 Å². The molecule has 144 valence electrons. The summed E-state index contributed by atoms with van der Waals surface area (Å²) >= 11 is 7.21. The molecule has 0 unspecified atom stereocenters. The average Bonchev–Trinajstić information content (AvgIpc) is 2.30. The van der Waals surface area contributed by atoms with E-state index in [4.69, 9.17) is 29.4 Å². The quantitative estimate of drug-likeness (QED) is 0.144. The molecular weight excluding hydrogens is 462 g/mol. The smallest absolute Gasteiger partial charge is 0.343 e. The minimum atomic E-state index is -3.81. The van der Waals surface area contributed by atoms with Crippen molar-refractivity contribution in [3.8, 4) is 0 Å². The molecule has 0 amide bonds. The van der Waals surface area contributed by atoms with Crippen molar-refractivity contribution < 1.29 is 50.4 Å². The van der Waals surface area contributed by atoms with Gasteiger partial charge in [-0.2, -0.15) is 12.8 Å². The van der Waals surface area contributed by atoms with Crippen molar-refractivity contribution in [2.75, 3.05) is 0 Å². The van der Waals surface area contributed by atoms with Gasteiger partial charge in [-0.05, 0) is 23.6 Å². The van der Waals surface area contributed by atoms with Crippen LogP contribution in [0.25, 0.3) is 0 Å². The number of unbranched alkanes of at least 4 members (excludes halogenated alkanes) is 6. The molecule has 0 aliphatic heterocycles. The van der Waals surface area contributed by atoms with Crippen molar-refractivity contribution in [3.05, 3.63) is 13.8 Å². The van der Waals surface area contributed by atoms with Gasteiger partial charge in [0.05, 0.1) is 0 Å². The Morgan fingerprint density at radius 1 is 0.652 bits per heavy atom. The molecule has 11 heteroatoms. The van der Waals surface area contributed by atoms with Crippen LogP contribution in [0.3, 0.4) is 0 Å². The second kappa shape index (κ2) is 26.0. The fraction of sp³-hybridized carbons (Fsp3) is 0.833. The van der Waals surface area contributed by atoms with Gasteiger partial charge in [-0.3, -0.25) is 0 Å². The van der Waals surface area contributed by atoms with E-state index in [-0.39, 0.29) is 21.1 Å². The number of rotatable bonds is 6. The fourth-order valence-electron chi connectivity index (χ4n) is 0.854. The number of hydrogen-bond acceptors (Lipinski definition) is 2. The third kappa shape index (κ3) is 187. The summed E-state index contributed by atoms with van der Waals surface area (Å²) in [6.07, 6.45) is 10.1. The summed E-state index contributed by atoms with van der Waals surface area (Å²) in [7, 11) is 0. The van der Waals surface area contributed by atoms with Gasteiger partial charge < -0.3 is 43.2 Å². The van der Waals surface area contributed by atoms with Crippen molar-refractivity contribution in [2.45, 2.75) is 65.2 Å². The monoisotopic (exact) mass is 496 g/mol. The molecule has 0 saturated carbocycles. The molecule has 0 aromatic heterocycles. The topological polar surface area (TPSA) is 121 Å². The van der Waals surface area contributed by atoms with Crippen LogP contribution in [-0.2, 0) is 44.7 Å². The third-order valence-corrected chi connectivity index (χ3v) is 1.71. The van der Waals surface area contributed by atoms with Gasteiger partial charge in [0.15, 0.2) is 0 Å². The van der Waals surface area contributed by atoms with Crippen LogP contribution in [0.1, 0.15) is 65.2 Å². The molecule has 0 spiro atoms. The summed E-state index contributed by atoms with van der Waals surface area (Å²) in [5.41, 5.74) is 0. The molecule has 0 rings (SSSR count). The second-order valence-electron chi connectivity index (χ2n) is 4.15. The largest absolute Gasteiger partial charge is 2.00 e. The van der Waals surface area contributed by atoms with Gasteiger partial charge in [-0.1, -0.05) is 52.4 Å². The molecule has 6 N–H and O–H groups in total. The molecule has 0 aliphatic carbocycles. The molecule has 23 heavy (non-hydrogen) atoms. The van der Waals surface area contributed by atoms with E-state index in [1.807, 2.05) is 0 Å². The first-order chi connectivity index (χ1) is 9.83. The molecule has 0 aliphatic rings. The Hall–Kier alpha value is 1.75. The van der Waals surface area contributed by atoms with Crippen LogP contribution >= 0.6 is 13.4 Å². The molecule has 0 heterocycles. The van der Waals surface area contributed by atoms with Crippen molar-refractivity contribution in [1.82, 2.24) is 0 Å². The Morgan fingerprint density at radius 3 is 0.870 bits per heavy atom. The van der Waals surface area contributed by atoms with Crippen LogP contribution in [0.15, 0.2) is 0 Å². The van der Waals surface area contributed by atoms with Gasteiger partial charge in [-0.25, -0.2) is 0 Å². The van der Waals surface area contributed by atoms with Gasteiger partial charge in [0.1, 0.15) is 0 Å². The molecule has 6 nitrogen and oxygen atoms in total. The van der Waals surface area contributed by atoms with Crippen LogP contribution < -0.4 is 0 Å². The Labute approximate surface area is 166 Å². The average molecular weight is 494 g/mol. The summed E-state index contributed by atoms with van der Waals surface area (Å²) in [6, 6.07) is 0. The standard InChI is InChI=1S/2C6H13.Mo.2H3O3PS/c2*1-3-5-6-4-2;;2*1-4(2,3)5/h2*1,3-6H2,2H3;;2*(H3,1,2,3,5)/q2*-1;+2;;. The summed E-state index contributed by atoms with van der Waals surface area (Å²) in [5, 5.41) is 0. The van der Waals surface area contributed by atoms with E-state index < -0.39 is 13.4 Å². The maximum Gasteiger partial charge on any atom is 2.00 e. The van der Waals surface area contributed by atoms with Gasteiger partial charge in [-0.15, -0.1) is 0 Å². The van der Waals surface area contributed by atoms with E-state index in [1.165, 1.54) is 38.5 Å². The van der Waals surface area contributed by atoms with Crippen molar-refractivity contribution in [2.24, 2.45) is 0 Å². The van der Waals surface area contributed by atoms with Crippen molar-refractivity contribution >= 4 is 37.1 Å². The molecular formula is C12H32MoO6P2S2. The van der Waals surface area contributed by atoms with Gasteiger partial charge in [0, 0.05) is 0 Å². The normalized spacial score (nSPS) is 9.83. The Bertz CT molecular complexity index is 234. The van der Waals surface area contributed by atoms with Crippen molar-refractivity contribution in [3.63, 3.8) is 0 Å². The van der Waals surface area contributed by atoms with Crippen LogP contribution in [0.2, 0.25) is 0 Å². The van der Waals surface area contributed by atoms with Crippen LogP contribution in [0.5, 0.6) is 0 Å². The van der Waals surface area contributed by atoms with Crippen LogP contribution in [0, 0.1) is 13.8 Å². The first kappa shape index (κ1) is 35.8. The molecule has 0 bridgehead atoms. The number of hydrogen-bond donors (Lipinski definition) is 6. The Balaban J connectivity index is -0.0000000620. The van der Waals surface area contributed by atoms with Gasteiger partial charge in [0.2, 0.25) is 0 Å². The molecule has 0 aromatic rings. The molecule has 0 fully saturated rings. The van der Waals surface area contributed by atoms with E-state index in [2.05, 4.69) is 51.3 Å². The summed E-state index contributed by atoms with van der Waals surface area (Å²) in [6.45, 7) is 4.24. The van der Waals surface area contributed by atoms with E-state index in [1.54, 1.807) is 0 Å². The molecule has 0 radical (unpaired) electrons. The first-order valence-electron chi connectivity index (χ1n) is 6.98. The molecule has 0 atom stereocenters. The van der Waals surface area contributed by atoms with Crippen LogP contribution in [0.4, 0.5) is 0 Å². The Morgan fingerprint density at radius 2 is 0.826 bits per heavy atom. The second-order valence-corrected chi connectivity index (χ2v) is 9.14. The minimum Gasteiger partial charge on any atom is -0.343 e. The maximum atomic E-state index is 7.56. The minimum absolute atomic E-state index is 0. The molecule has 0 aromatic carbocycles. The van der Waals surface area contributed by atoms with Crippen molar-refractivity contribution in [1.29, 1.82) is 0 Å². The van der Waals surface area contributed by atoms with E-state index in [9.17, 15) is 0 Å². The zero-order valence-corrected chi connectivity index (χ0v) is 19.3. The Kier molecular flexibility index (Phi) is 40.4. The maximum absolute atomic E-state index is 7.56. The van der Waals surface area contributed by atoms with Gasteiger partial charge in [0.25, 0.3) is 0 Å². The summed E-state index contributed by atoms with van der Waals surface area (Å²) < 4.78 is 0. The first-order valence-corrected chi connectivity index (χ1v) is 12.3. The molecule has 0 saturated heterocycles. The zero-order valence-electron chi connectivity index (χ0n) is 13.9. The van der Waals surface area contributed by atoms with E-state index in [0.29, 0.717) is 0 Å². The van der Waals surface area contributed by atoms with Crippen LogP contribution in [-0.4, -0.2) is 29.4 Å². The van der Waals surface area contributed by atoms with E-state index in [0.717, 1.165) is 12.8 Å².